The van der Waals surface area contributed by atoms with Gasteiger partial charge in [-0.3, -0.25) is 0 Å². The van der Waals surface area contributed by atoms with Crippen molar-refractivity contribution < 1.29 is 10.2 Å². The summed E-state index contributed by atoms with van der Waals surface area (Å²) in [5.74, 6) is 0.644. The van der Waals surface area contributed by atoms with E-state index in [1.165, 1.54) is 22.3 Å². The summed E-state index contributed by atoms with van der Waals surface area (Å²) in [5.41, 5.74) is 5.41. The molecule has 4 aromatic rings. The molecule has 0 spiro atoms. The number of aromatic hydroxyl groups is 2. The third-order valence-corrected chi connectivity index (χ3v) is 4.57. The van der Waals surface area contributed by atoms with E-state index in [4.69, 9.17) is 10.2 Å². The zero-order chi connectivity index (χ0) is 25.6. The van der Waals surface area contributed by atoms with Crippen LogP contribution in [0.1, 0.15) is 52.7 Å². The Kier molecular flexibility index (Phi) is 18.0. The molecule has 0 saturated carbocycles. The first kappa shape index (κ1) is 30.5. The van der Waals surface area contributed by atoms with Crippen LogP contribution in [0.4, 0.5) is 0 Å². The van der Waals surface area contributed by atoms with Crippen LogP contribution in [0.2, 0.25) is 0 Å². The van der Waals surface area contributed by atoms with Crippen LogP contribution in [-0.2, 0) is 12.8 Å². The highest BCUT2D eigenvalue weighted by molar-refractivity contribution is 5.63. The van der Waals surface area contributed by atoms with E-state index in [-0.39, 0.29) is 0 Å². The monoisotopic (exact) mass is 458 g/mol. The van der Waals surface area contributed by atoms with E-state index < -0.39 is 0 Å². The molecule has 0 aromatic heterocycles. The number of phenols is 2. The highest BCUT2D eigenvalue weighted by Crippen LogP contribution is 2.20. The Morgan fingerprint density at radius 1 is 0.412 bits per heavy atom. The molecule has 4 aromatic carbocycles. The molecule has 0 bridgehead atoms. The van der Waals surface area contributed by atoms with Gasteiger partial charge in [0.05, 0.1) is 0 Å². The van der Waals surface area contributed by atoms with Crippen LogP contribution in [0, 0.1) is 0 Å². The number of hydrogen-bond donors (Lipinski definition) is 2. The van der Waals surface area contributed by atoms with E-state index in [1.807, 2.05) is 39.8 Å². The second kappa shape index (κ2) is 20.1. The van der Waals surface area contributed by atoms with Gasteiger partial charge in [0.25, 0.3) is 0 Å². The number of para-hydroxylation sites is 2. The minimum Gasteiger partial charge on any atom is -0.508 e. The minimum atomic E-state index is 0.322. The highest BCUT2D eigenvalue weighted by Gasteiger charge is 1.97. The van der Waals surface area contributed by atoms with Crippen LogP contribution in [0.25, 0.3) is 11.1 Å². The van der Waals surface area contributed by atoms with Crippen molar-refractivity contribution in [2.24, 2.45) is 0 Å². The summed E-state index contributed by atoms with van der Waals surface area (Å²) in [6.45, 7) is 12.4. The fourth-order valence-corrected chi connectivity index (χ4v) is 2.72. The van der Waals surface area contributed by atoms with Crippen molar-refractivity contribution in [2.75, 3.05) is 0 Å². The topological polar surface area (TPSA) is 40.5 Å². The predicted molar refractivity (Wildman–Crippen MR) is 150 cm³/mol. The zero-order valence-electron chi connectivity index (χ0n) is 21.7. The number of rotatable bonds is 3. The molecular formula is C32H42O2. The summed E-state index contributed by atoms with van der Waals surface area (Å²) in [6.07, 6.45) is 2.21. The third kappa shape index (κ3) is 13.1. The van der Waals surface area contributed by atoms with Gasteiger partial charge in [0.2, 0.25) is 0 Å². The van der Waals surface area contributed by atoms with Crippen LogP contribution in [0.5, 0.6) is 11.5 Å². The van der Waals surface area contributed by atoms with Gasteiger partial charge in [0, 0.05) is 0 Å². The molecule has 0 aliphatic heterocycles. The first-order chi connectivity index (χ1) is 16.6. The first-order valence-corrected chi connectivity index (χ1v) is 12.3. The minimum absolute atomic E-state index is 0.322. The molecule has 0 amide bonds. The number of benzene rings is 4. The molecule has 2 nitrogen and oxygen atoms in total. The normalized spacial score (nSPS) is 8.76. The molecule has 0 aliphatic carbocycles. The molecule has 0 heterocycles. The summed E-state index contributed by atoms with van der Waals surface area (Å²) in [7, 11) is 0. The molecular weight excluding hydrogens is 416 g/mol. The van der Waals surface area contributed by atoms with E-state index in [9.17, 15) is 0 Å². The highest BCUT2D eigenvalue weighted by atomic mass is 16.3. The van der Waals surface area contributed by atoms with E-state index in [0.29, 0.717) is 11.5 Å². The van der Waals surface area contributed by atoms with Crippen molar-refractivity contribution in [3.8, 4) is 22.6 Å². The van der Waals surface area contributed by atoms with Gasteiger partial charge in [0.15, 0.2) is 0 Å². The van der Waals surface area contributed by atoms with Gasteiger partial charge in [0.1, 0.15) is 11.5 Å². The second-order valence-electron chi connectivity index (χ2n) is 6.77. The molecule has 0 atom stereocenters. The quantitative estimate of drug-likeness (QED) is 0.321. The lowest BCUT2D eigenvalue weighted by Gasteiger charge is -2.04. The largest absolute Gasteiger partial charge is 0.508 e. The Balaban J connectivity index is 0.000000503. The summed E-state index contributed by atoms with van der Waals surface area (Å²) in [5, 5.41) is 17.3. The standard InChI is InChI=1S/C16H18.2C6H6O.2C2H6/c1-3-13-5-9-15(10-6-13)16-11-7-14(4-2)8-12-16;2*7-6-4-2-1-3-5-6;2*1-2/h5-12H,3-4H2,1-2H3;2*1-5,7H;2*1-2H3. The SMILES string of the molecule is CC.CC.CCc1ccc(-c2ccc(CC)cc2)cc1.Oc1ccccc1.Oc1ccccc1. The summed E-state index contributed by atoms with van der Waals surface area (Å²) >= 11 is 0. The van der Waals surface area contributed by atoms with E-state index in [1.54, 1.807) is 48.5 Å². The maximum atomic E-state index is 8.63. The predicted octanol–water partition coefficient (Wildman–Crippen LogP) is 9.32. The molecule has 0 fully saturated rings. The number of hydrogen-bond acceptors (Lipinski definition) is 2. The molecule has 0 saturated heterocycles. The van der Waals surface area contributed by atoms with Crippen molar-refractivity contribution in [3.63, 3.8) is 0 Å². The molecule has 0 radical (unpaired) electrons. The van der Waals surface area contributed by atoms with Crippen molar-refractivity contribution >= 4 is 0 Å². The van der Waals surface area contributed by atoms with Gasteiger partial charge >= 0.3 is 0 Å². The van der Waals surface area contributed by atoms with Crippen LogP contribution in [0.3, 0.4) is 0 Å². The number of aryl methyl sites for hydroxylation is 2. The van der Waals surface area contributed by atoms with E-state index in [0.717, 1.165) is 12.8 Å². The van der Waals surface area contributed by atoms with Crippen molar-refractivity contribution in [1.82, 2.24) is 0 Å². The third-order valence-electron chi connectivity index (χ3n) is 4.57. The molecule has 2 N–H and O–H groups in total. The summed E-state index contributed by atoms with van der Waals surface area (Å²) < 4.78 is 0. The van der Waals surface area contributed by atoms with Crippen LogP contribution in [0.15, 0.2) is 109 Å². The molecule has 34 heavy (non-hydrogen) atoms. The van der Waals surface area contributed by atoms with Gasteiger partial charge in [-0.25, -0.2) is 0 Å². The molecule has 0 aliphatic rings. The van der Waals surface area contributed by atoms with E-state index >= 15 is 0 Å². The maximum absolute atomic E-state index is 8.63. The zero-order valence-corrected chi connectivity index (χ0v) is 21.7. The van der Waals surface area contributed by atoms with Crippen molar-refractivity contribution in [1.29, 1.82) is 0 Å². The maximum Gasteiger partial charge on any atom is 0.115 e. The van der Waals surface area contributed by atoms with Crippen LogP contribution < -0.4 is 0 Å². The Morgan fingerprint density at radius 3 is 0.853 bits per heavy atom. The van der Waals surface area contributed by atoms with Gasteiger partial charge in [-0.15, -0.1) is 0 Å². The van der Waals surface area contributed by atoms with Crippen LogP contribution in [-0.4, -0.2) is 10.2 Å². The van der Waals surface area contributed by atoms with Gasteiger partial charge in [-0.2, -0.15) is 0 Å². The Hall–Kier alpha value is -3.52. The van der Waals surface area contributed by atoms with Gasteiger partial charge in [-0.05, 0) is 59.4 Å². The number of phenolic OH excluding ortho intramolecular Hbond substituents is 2. The average molecular weight is 459 g/mol. The van der Waals surface area contributed by atoms with E-state index in [2.05, 4.69) is 62.4 Å². The smallest absolute Gasteiger partial charge is 0.115 e. The average Bonchev–Trinajstić information content (AvgIpc) is 2.93. The lowest BCUT2D eigenvalue weighted by atomic mass is 10.0. The van der Waals surface area contributed by atoms with Crippen molar-refractivity contribution in [3.05, 3.63) is 120 Å². The second-order valence-corrected chi connectivity index (χ2v) is 6.77. The Bertz CT molecular complexity index is 862. The van der Waals surface area contributed by atoms with Gasteiger partial charge in [-0.1, -0.05) is 126 Å². The molecule has 2 heteroatoms. The lowest BCUT2D eigenvalue weighted by Crippen LogP contribution is -1.83. The fraction of sp³-hybridized carbons (Fsp3) is 0.250. The van der Waals surface area contributed by atoms with Crippen molar-refractivity contribution in [2.45, 2.75) is 54.4 Å². The first-order valence-electron chi connectivity index (χ1n) is 12.3. The molecule has 0 unspecified atom stereocenters. The Morgan fingerprint density at radius 2 is 0.676 bits per heavy atom. The van der Waals surface area contributed by atoms with Crippen LogP contribution >= 0.6 is 0 Å². The summed E-state index contributed by atoms with van der Waals surface area (Å²) in [6, 6.07) is 35.1. The molecule has 4 rings (SSSR count). The fourth-order valence-electron chi connectivity index (χ4n) is 2.72. The summed E-state index contributed by atoms with van der Waals surface area (Å²) in [4.78, 5) is 0. The molecule has 182 valence electrons. The lowest BCUT2D eigenvalue weighted by molar-refractivity contribution is 0.475. The van der Waals surface area contributed by atoms with Gasteiger partial charge < -0.3 is 10.2 Å². The Labute approximate surface area is 207 Å².